The molecule has 2 rings (SSSR count). The Morgan fingerprint density at radius 2 is 2.33 bits per heavy atom. The second-order valence-electron chi connectivity index (χ2n) is 4.79. The van der Waals surface area contributed by atoms with E-state index < -0.39 is 5.82 Å². The van der Waals surface area contributed by atoms with Gasteiger partial charge in [0.25, 0.3) is 0 Å². The van der Waals surface area contributed by atoms with Crippen LogP contribution >= 0.6 is 0 Å². The van der Waals surface area contributed by atoms with E-state index in [1.54, 1.807) is 4.90 Å². The first-order chi connectivity index (χ1) is 8.56. The molecule has 5 heteroatoms. The van der Waals surface area contributed by atoms with Crippen LogP contribution in [-0.2, 0) is 0 Å². The maximum atomic E-state index is 13.5. The van der Waals surface area contributed by atoms with Crippen LogP contribution in [0.1, 0.15) is 19.8 Å². The molecule has 0 bridgehead atoms. The third kappa shape index (κ3) is 2.91. The zero-order valence-electron chi connectivity index (χ0n) is 10.3. The lowest BCUT2D eigenvalue weighted by Crippen LogP contribution is -2.41. The predicted octanol–water partition coefficient (Wildman–Crippen LogP) is 2.80. The molecule has 98 valence electrons. The fourth-order valence-corrected chi connectivity index (χ4v) is 2.17. The van der Waals surface area contributed by atoms with Gasteiger partial charge in [0, 0.05) is 19.2 Å². The Bertz CT molecular complexity index is 451. The summed E-state index contributed by atoms with van der Waals surface area (Å²) >= 11 is 0. The van der Waals surface area contributed by atoms with Crippen molar-refractivity contribution < 1.29 is 14.3 Å². The van der Waals surface area contributed by atoms with E-state index in [-0.39, 0.29) is 17.5 Å². The van der Waals surface area contributed by atoms with Gasteiger partial charge in [-0.05, 0) is 30.9 Å². The van der Waals surface area contributed by atoms with Crippen molar-refractivity contribution in [3.8, 4) is 5.75 Å². The number of phenolic OH excluding ortho intramolecular Hbond substituents is 1. The number of hydrogen-bond donors (Lipinski definition) is 2. The Kier molecular flexibility index (Phi) is 3.69. The Hall–Kier alpha value is -1.78. The summed E-state index contributed by atoms with van der Waals surface area (Å²) in [4.78, 5) is 13.6. The van der Waals surface area contributed by atoms with Crippen LogP contribution < -0.4 is 5.32 Å². The van der Waals surface area contributed by atoms with Crippen LogP contribution in [0.5, 0.6) is 5.75 Å². The lowest BCUT2D eigenvalue weighted by molar-refractivity contribution is 0.182. The third-order valence-corrected chi connectivity index (χ3v) is 3.14. The van der Waals surface area contributed by atoms with Gasteiger partial charge in [0.1, 0.15) is 11.6 Å². The molecule has 2 N–H and O–H groups in total. The van der Waals surface area contributed by atoms with Crippen molar-refractivity contribution in [2.45, 2.75) is 19.8 Å². The van der Waals surface area contributed by atoms with E-state index >= 15 is 0 Å². The first-order valence-electron chi connectivity index (χ1n) is 6.10. The van der Waals surface area contributed by atoms with Gasteiger partial charge in [0.05, 0.1) is 5.69 Å². The second kappa shape index (κ2) is 5.25. The van der Waals surface area contributed by atoms with Crippen LogP contribution in [0.3, 0.4) is 0 Å². The molecule has 1 atom stereocenters. The smallest absolute Gasteiger partial charge is 0.321 e. The quantitative estimate of drug-likeness (QED) is 0.755. The lowest BCUT2D eigenvalue weighted by Gasteiger charge is -2.30. The molecule has 0 spiro atoms. The number of urea groups is 1. The minimum absolute atomic E-state index is 0.0935. The summed E-state index contributed by atoms with van der Waals surface area (Å²) in [5.74, 6) is -0.306. The molecule has 4 nitrogen and oxygen atoms in total. The molecule has 1 aromatic rings. The number of likely N-dealkylation sites (tertiary alicyclic amines) is 1. The Labute approximate surface area is 105 Å². The molecule has 0 saturated carbocycles. The summed E-state index contributed by atoms with van der Waals surface area (Å²) in [6.07, 6.45) is 2.10. The highest BCUT2D eigenvalue weighted by Gasteiger charge is 2.21. The molecule has 0 radical (unpaired) electrons. The minimum atomic E-state index is -0.631. The van der Waals surface area contributed by atoms with Gasteiger partial charge in [-0.2, -0.15) is 0 Å². The standard InChI is InChI=1S/C13H17FN2O2/c1-9-3-2-6-16(8-9)13(18)15-12-5-4-10(17)7-11(12)14/h4-5,7,9,17H,2-3,6,8H2,1H3,(H,15,18). The normalized spacial score (nSPS) is 19.7. The van der Waals surface area contributed by atoms with Crippen molar-refractivity contribution >= 4 is 11.7 Å². The second-order valence-corrected chi connectivity index (χ2v) is 4.79. The van der Waals surface area contributed by atoms with E-state index in [0.717, 1.165) is 18.9 Å². The van der Waals surface area contributed by atoms with Gasteiger partial charge >= 0.3 is 6.03 Å². The van der Waals surface area contributed by atoms with Gasteiger partial charge in [-0.1, -0.05) is 6.92 Å². The molecule has 1 fully saturated rings. The summed E-state index contributed by atoms with van der Waals surface area (Å²) in [6.45, 7) is 3.50. The van der Waals surface area contributed by atoms with Crippen molar-refractivity contribution in [3.05, 3.63) is 24.0 Å². The zero-order valence-corrected chi connectivity index (χ0v) is 10.3. The SMILES string of the molecule is CC1CCCN(C(=O)Nc2ccc(O)cc2F)C1. The fourth-order valence-electron chi connectivity index (χ4n) is 2.17. The average molecular weight is 252 g/mol. The number of phenols is 1. The zero-order chi connectivity index (χ0) is 13.1. The molecular formula is C13H17FN2O2. The van der Waals surface area contributed by atoms with E-state index in [9.17, 15) is 9.18 Å². The summed E-state index contributed by atoms with van der Waals surface area (Å²) < 4.78 is 13.5. The Morgan fingerprint density at radius 1 is 1.56 bits per heavy atom. The molecule has 1 aliphatic heterocycles. The van der Waals surface area contributed by atoms with Crippen molar-refractivity contribution in [2.75, 3.05) is 18.4 Å². The number of rotatable bonds is 1. The first kappa shape index (κ1) is 12.7. The van der Waals surface area contributed by atoms with Crippen LogP contribution in [0.2, 0.25) is 0 Å². The van der Waals surface area contributed by atoms with Gasteiger partial charge in [0.15, 0.2) is 0 Å². The number of nitrogens with zero attached hydrogens (tertiary/aromatic N) is 1. The van der Waals surface area contributed by atoms with Crippen LogP contribution in [0.15, 0.2) is 18.2 Å². The van der Waals surface area contributed by atoms with E-state index in [0.29, 0.717) is 19.0 Å². The predicted molar refractivity (Wildman–Crippen MR) is 67.1 cm³/mol. The maximum Gasteiger partial charge on any atom is 0.321 e. The van der Waals surface area contributed by atoms with Gasteiger partial charge in [-0.25, -0.2) is 9.18 Å². The number of carbonyl (C=O) groups is 1. The highest BCUT2D eigenvalue weighted by Crippen LogP contribution is 2.21. The molecular weight excluding hydrogens is 235 g/mol. The molecule has 1 unspecified atom stereocenters. The number of anilines is 1. The monoisotopic (exact) mass is 252 g/mol. The number of benzene rings is 1. The summed E-state index contributed by atoms with van der Waals surface area (Å²) in [5, 5.41) is 11.6. The fraction of sp³-hybridized carbons (Fsp3) is 0.462. The number of nitrogens with one attached hydrogen (secondary N) is 1. The molecule has 18 heavy (non-hydrogen) atoms. The maximum absolute atomic E-state index is 13.5. The molecule has 1 saturated heterocycles. The Balaban J connectivity index is 2.02. The van der Waals surface area contributed by atoms with Crippen molar-refractivity contribution in [1.29, 1.82) is 0 Å². The minimum Gasteiger partial charge on any atom is -0.508 e. The molecule has 1 heterocycles. The average Bonchev–Trinajstić information content (AvgIpc) is 2.32. The number of amides is 2. The number of halogens is 1. The topological polar surface area (TPSA) is 52.6 Å². The van der Waals surface area contributed by atoms with E-state index in [1.165, 1.54) is 12.1 Å². The van der Waals surface area contributed by atoms with E-state index in [2.05, 4.69) is 12.2 Å². The van der Waals surface area contributed by atoms with E-state index in [4.69, 9.17) is 5.11 Å². The van der Waals surface area contributed by atoms with E-state index in [1.807, 2.05) is 0 Å². The molecule has 0 aliphatic carbocycles. The molecule has 2 amide bonds. The van der Waals surface area contributed by atoms with Gasteiger partial charge in [-0.3, -0.25) is 0 Å². The molecule has 1 aromatic carbocycles. The number of carbonyl (C=O) groups excluding carboxylic acids is 1. The lowest BCUT2D eigenvalue weighted by atomic mass is 10.0. The Morgan fingerprint density at radius 3 is 3.00 bits per heavy atom. The highest BCUT2D eigenvalue weighted by atomic mass is 19.1. The van der Waals surface area contributed by atoms with Crippen LogP contribution in [0.25, 0.3) is 0 Å². The largest absolute Gasteiger partial charge is 0.508 e. The van der Waals surface area contributed by atoms with Crippen molar-refractivity contribution in [1.82, 2.24) is 4.90 Å². The van der Waals surface area contributed by atoms with Crippen molar-refractivity contribution in [2.24, 2.45) is 5.92 Å². The number of piperidine rings is 1. The van der Waals surface area contributed by atoms with Gasteiger partial charge in [0.2, 0.25) is 0 Å². The third-order valence-electron chi connectivity index (χ3n) is 3.14. The highest BCUT2D eigenvalue weighted by molar-refractivity contribution is 5.89. The van der Waals surface area contributed by atoms with Crippen molar-refractivity contribution in [3.63, 3.8) is 0 Å². The van der Waals surface area contributed by atoms with Crippen LogP contribution in [0, 0.1) is 11.7 Å². The van der Waals surface area contributed by atoms with Crippen LogP contribution in [0.4, 0.5) is 14.9 Å². The van der Waals surface area contributed by atoms with Crippen LogP contribution in [-0.4, -0.2) is 29.1 Å². The molecule has 1 aliphatic rings. The van der Waals surface area contributed by atoms with Gasteiger partial charge < -0.3 is 15.3 Å². The molecule has 0 aromatic heterocycles. The first-order valence-corrected chi connectivity index (χ1v) is 6.10. The summed E-state index contributed by atoms with van der Waals surface area (Å²) in [5.41, 5.74) is 0.0935. The van der Waals surface area contributed by atoms with Gasteiger partial charge in [-0.15, -0.1) is 0 Å². The summed E-state index contributed by atoms with van der Waals surface area (Å²) in [6, 6.07) is 3.40. The number of hydrogen-bond acceptors (Lipinski definition) is 2. The number of aromatic hydroxyl groups is 1. The summed E-state index contributed by atoms with van der Waals surface area (Å²) in [7, 11) is 0.